The number of likely N-dealkylation sites (N-methyl/N-ethyl adjacent to an activating group) is 1. The number of aromatic nitrogens is 1. The summed E-state index contributed by atoms with van der Waals surface area (Å²) >= 11 is 0. The van der Waals surface area contributed by atoms with E-state index in [1.54, 1.807) is 0 Å². The molecule has 0 bridgehead atoms. The lowest BCUT2D eigenvalue weighted by Crippen LogP contribution is -2.23. The third-order valence-electron chi connectivity index (χ3n) is 4.07. The quantitative estimate of drug-likeness (QED) is 0.809. The third kappa shape index (κ3) is 3.38. The topological polar surface area (TPSA) is 65.6 Å². The fourth-order valence-corrected chi connectivity index (χ4v) is 2.59. The van der Waals surface area contributed by atoms with E-state index in [1.807, 2.05) is 18.0 Å². The molecule has 1 fully saturated rings. The highest BCUT2D eigenvalue weighted by atomic mass is 16.6. The molecule has 120 valence electrons. The molecule has 2 atom stereocenters. The maximum atomic E-state index is 8.78. The van der Waals surface area contributed by atoms with E-state index in [-0.39, 0.29) is 23.3 Å². The van der Waals surface area contributed by atoms with E-state index < -0.39 is 0 Å². The van der Waals surface area contributed by atoms with E-state index in [1.165, 1.54) is 17.4 Å². The standard InChI is InChI=1S/C18H21N3O2/c1-18(2,3)13-7-5-12(6-8-13)16-15(23-16)10-21(4)17-20-14(9-19)11-22-17/h5-8,11,15-16H,10H2,1-4H3. The van der Waals surface area contributed by atoms with Crippen molar-refractivity contribution in [3.63, 3.8) is 0 Å². The summed E-state index contributed by atoms with van der Waals surface area (Å²) in [5, 5.41) is 8.78. The molecule has 0 radical (unpaired) electrons. The summed E-state index contributed by atoms with van der Waals surface area (Å²) in [6.07, 6.45) is 1.61. The first-order valence-electron chi connectivity index (χ1n) is 7.71. The molecule has 1 saturated heterocycles. The van der Waals surface area contributed by atoms with Crippen LogP contribution in [0.1, 0.15) is 43.7 Å². The Labute approximate surface area is 136 Å². The number of ether oxygens (including phenoxy) is 1. The van der Waals surface area contributed by atoms with Gasteiger partial charge in [0.1, 0.15) is 24.5 Å². The van der Waals surface area contributed by atoms with E-state index in [9.17, 15) is 0 Å². The Hall–Kier alpha value is -2.32. The molecule has 1 aromatic carbocycles. The monoisotopic (exact) mass is 311 g/mol. The van der Waals surface area contributed by atoms with Gasteiger partial charge in [-0.2, -0.15) is 10.2 Å². The summed E-state index contributed by atoms with van der Waals surface area (Å²) in [5.41, 5.74) is 2.96. The molecule has 1 aliphatic rings. The van der Waals surface area contributed by atoms with Gasteiger partial charge in [-0.25, -0.2) is 0 Å². The summed E-state index contributed by atoms with van der Waals surface area (Å²) < 4.78 is 11.1. The summed E-state index contributed by atoms with van der Waals surface area (Å²) in [7, 11) is 1.88. The van der Waals surface area contributed by atoms with Crippen LogP contribution < -0.4 is 4.90 Å². The Bertz CT molecular complexity index is 722. The number of hydrogen-bond donors (Lipinski definition) is 0. The third-order valence-corrected chi connectivity index (χ3v) is 4.07. The normalized spacial score (nSPS) is 20.1. The molecule has 0 spiro atoms. The van der Waals surface area contributed by atoms with E-state index in [0.29, 0.717) is 12.6 Å². The van der Waals surface area contributed by atoms with Crippen molar-refractivity contribution in [1.82, 2.24) is 4.98 Å². The lowest BCUT2D eigenvalue weighted by atomic mass is 9.86. The predicted octanol–water partition coefficient (Wildman–Crippen LogP) is 3.42. The van der Waals surface area contributed by atoms with Crippen LogP contribution in [0, 0.1) is 11.3 Å². The predicted molar refractivity (Wildman–Crippen MR) is 87.2 cm³/mol. The smallest absolute Gasteiger partial charge is 0.298 e. The largest absolute Gasteiger partial charge is 0.431 e. The van der Waals surface area contributed by atoms with Crippen molar-refractivity contribution in [3.8, 4) is 6.07 Å². The van der Waals surface area contributed by atoms with Gasteiger partial charge in [-0.1, -0.05) is 45.0 Å². The minimum absolute atomic E-state index is 0.122. The van der Waals surface area contributed by atoms with Crippen LogP contribution in [0.25, 0.3) is 0 Å². The fourth-order valence-electron chi connectivity index (χ4n) is 2.59. The van der Waals surface area contributed by atoms with Crippen molar-refractivity contribution in [2.45, 2.75) is 38.4 Å². The number of rotatable bonds is 4. The van der Waals surface area contributed by atoms with Gasteiger partial charge in [0.2, 0.25) is 0 Å². The van der Waals surface area contributed by atoms with Crippen LogP contribution in [0.3, 0.4) is 0 Å². The number of nitrogens with zero attached hydrogens (tertiary/aromatic N) is 3. The Morgan fingerprint density at radius 1 is 1.26 bits per heavy atom. The van der Waals surface area contributed by atoms with Crippen LogP contribution in [0.15, 0.2) is 34.9 Å². The van der Waals surface area contributed by atoms with Crippen LogP contribution in [-0.4, -0.2) is 24.7 Å². The highest BCUT2D eigenvalue weighted by Crippen LogP contribution is 2.40. The van der Waals surface area contributed by atoms with Gasteiger partial charge in [-0.05, 0) is 16.5 Å². The summed E-state index contributed by atoms with van der Waals surface area (Å²) in [5.74, 6) is 0. The Morgan fingerprint density at radius 3 is 2.52 bits per heavy atom. The van der Waals surface area contributed by atoms with Gasteiger partial charge in [0.15, 0.2) is 5.69 Å². The average Bonchev–Trinajstić information content (AvgIpc) is 3.10. The maximum Gasteiger partial charge on any atom is 0.298 e. The summed E-state index contributed by atoms with van der Waals surface area (Å²) in [4.78, 5) is 5.96. The Balaban J connectivity index is 1.60. The zero-order valence-electron chi connectivity index (χ0n) is 13.9. The number of hydrogen-bond acceptors (Lipinski definition) is 5. The second kappa shape index (κ2) is 5.71. The van der Waals surface area contributed by atoms with Crippen molar-refractivity contribution in [1.29, 1.82) is 5.26 Å². The molecule has 0 amide bonds. The maximum absolute atomic E-state index is 8.78. The molecular weight excluding hydrogens is 290 g/mol. The zero-order valence-corrected chi connectivity index (χ0v) is 13.9. The molecule has 0 saturated carbocycles. The summed E-state index contributed by atoms with van der Waals surface area (Å²) in [6, 6.07) is 11.0. The highest BCUT2D eigenvalue weighted by molar-refractivity contribution is 5.33. The van der Waals surface area contributed by atoms with Gasteiger partial charge in [0.25, 0.3) is 6.01 Å². The average molecular weight is 311 g/mol. The first-order chi connectivity index (χ1) is 10.9. The molecule has 23 heavy (non-hydrogen) atoms. The molecular formula is C18H21N3O2. The van der Waals surface area contributed by atoms with Crippen LogP contribution >= 0.6 is 0 Å². The number of nitriles is 1. The fraction of sp³-hybridized carbons (Fsp3) is 0.444. The van der Waals surface area contributed by atoms with E-state index >= 15 is 0 Å². The Morgan fingerprint density at radius 2 is 1.96 bits per heavy atom. The second-order valence-electron chi connectivity index (χ2n) is 6.97. The van der Waals surface area contributed by atoms with Crippen LogP contribution in [0.2, 0.25) is 0 Å². The molecule has 1 aliphatic heterocycles. The van der Waals surface area contributed by atoms with E-state index in [0.717, 1.165) is 0 Å². The van der Waals surface area contributed by atoms with Gasteiger partial charge in [0, 0.05) is 7.05 Å². The van der Waals surface area contributed by atoms with Gasteiger partial charge in [-0.3, -0.25) is 0 Å². The van der Waals surface area contributed by atoms with E-state index in [2.05, 4.69) is 50.0 Å². The molecule has 2 unspecified atom stereocenters. The lowest BCUT2D eigenvalue weighted by Gasteiger charge is -2.19. The van der Waals surface area contributed by atoms with E-state index in [4.69, 9.17) is 14.4 Å². The van der Waals surface area contributed by atoms with Gasteiger partial charge < -0.3 is 14.1 Å². The van der Waals surface area contributed by atoms with Crippen LogP contribution in [0.4, 0.5) is 6.01 Å². The van der Waals surface area contributed by atoms with Gasteiger partial charge in [0.05, 0.1) is 6.54 Å². The SMILES string of the molecule is CN(CC1OC1c1ccc(C(C)(C)C)cc1)c1nc(C#N)co1. The molecule has 2 aromatic rings. The van der Waals surface area contributed by atoms with Crippen molar-refractivity contribution < 1.29 is 9.15 Å². The summed E-state index contributed by atoms with van der Waals surface area (Å²) in [6.45, 7) is 7.30. The molecule has 5 heteroatoms. The van der Waals surface area contributed by atoms with Crippen molar-refractivity contribution in [2.75, 3.05) is 18.5 Å². The molecule has 1 aromatic heterocycles. The Kier molecular flexibility index (Phi) is 3.87. The number of oxazole rings is 1. The minimum Gasteiger partial charge on any atom is -0.431 e. The zero-order chi connectivity index (χ0) is 16.6. The molecule has 2 heterocycles. The first kappa shape index (κ1) is 15.6. The second-order valence-corrected chi connectivity index (χ2v) is 6.97. The van der Waals surface area contributed by atoms with Gasteiger partial charge in [-0.15, -0.1) is 0 Å². The van der Waals surface area contributed by atoms with Crippen LogP contribution in [0.5, 0.6) is 0 Å². The minimum atomic E-state index is 0.122. The van der Waals surface area contributed by atoms with Crippen LogP contribution in [-0.2, 0) is 10.2 Å². The van der Waals surface area contributed by atoms with Crippen molar-refractivity contribution in [2.24, 2.45) is 0 Å². The lowest BCUT2D eigenvalue weighted by molar-refractivity contribution is 0.372. The van der Waals surface area contributed by atoms with Crippen molar-refractivity contribution in [3.05, 3.63) is 47.3 Å². The number of benzene rings is 1. The number of epoxide rings is 1. The van der Waals surface area contributed by atoms with Gasteiger partial charge >= 0.3 is 0 Å². The molecule has 3 rings (SSSR count). The first-order valence-corrected chi connectivity index (χ1v) is 7.71. The molecule has 5 nitrogen and oxygen atoms in total. The number of anilines is 1. The van der Waals surface area contributed by atoms with Crippen molar-refractivity contribution >= 4 is 6.01 Å². The molecule has 0 N–H and O–H groups in total. The molecule has 0 aliphatic carbocycles. The highest BCUT2D eigenvalue weighted by Gasteiger charge is 2.41.